The number of hydrogen-bond donors (Lipinski definition) is 1. The summed E-state index contributed by atoms with van der Waals surface area (Å²) in [4.78, 5) is 6.77. The molecule has 0 aromatic heterocycles. The van der Waals surface area contributed by atoms with Gasteiger partial charge < -0.3 is 20.0 Å². The monoisotopic (exact) mass is 393 g/mol. The summed E-state index contributed by atoms with van der Waals surface area (Å²) in [5.74, 6) is 0. The maximum absolute atomic E-state index is 9.32. The third kappa shape index (κ3) is 4.55. The number of hydrogen-bond acceptors (Lipinski definition) is 4. The Morgan fingerprint density at radius 2 is 1.68 bits per heavy atom. The third-order valence-corrected chi connectivity index (χ3v) is 5.54. The Morgan fingerprint density at radius 1 is 1.04 bits per heavy atom. The zero-order chi connectivity index (χ0) is 19.9. The van der Waals surface area contributed by atoms with E-state index in [-0.39, 0.29) is 0 Å². The van der Waals surface area contributed by atoms with Crippen molar-refractivity contribution in [3.63, 3.8) is 0 Å². The van der Waals surface area contributed by atoms with Crippen LogP contribution in [0.5, 0.6) is 0 Å². The SMILES string of the molecule is CCN(CC)c1ccc(NC(=S)N2CCN(c3ccccc3C#N)CC2)cc1. The minimum atomic E-state index is 0.727. The molecule has 1 N–H and O–H groups in total. The van der Waals surface area contributed by atoms with Crippen molar-refractivity contribution in [2.75, 3.05) is 54.4 Å². The van der Waals surface area contributed by atoms with Crippen molar-refractivity contribution in [1.82, 2.24) is 4.90 Å². The number of nitrogens with one attached hydrogen (secondary N) is 1. The number of anilines is 3. The second-order valence-corrected chi connectivity index (χ2v) is 7.14. The van der Waals surface area contributed by atoms with E-state index < -0.39 is 0 Å². The van der Waals surface area contributed by atoms with E-state index in [2.05, 4.69) is 64.2 Å². The Morgan fingerprint density at radius 3 is 2.29 bits per heavy atom. The first kappa shape index (κ1) is 20.0. The highest BCUT2D eigenvalue weighted by Gasteiger charge is 2.20. The van der Waals surface area contributed by atoms with E-state index >= 15 is 0 Å². The molecule has 1 fully saturated rings. The van der Waals surface area contributed by atoms with E-state index in [9.17, 15) is 5.26 Å². The standard InChI is InChI=1S/C22H27N5S/c1-3-25(4-2)20-11-9-19(10-12-20)24-22(28)27-15-13-26(14-16-27)21-8-6-5-7-18(21)17-23/h5-12H,3-4,13-16H2,1-2H3,(H,24,28). The molecule has 0 bridgehead atoms. The first-order valence-corrected chi connectivity index (χ1v) is 10.2. The second-order valence-electron chi connectivity index (χ2n) is 6.75. The topological polar surface area (TPSA) is 45.5 Å². The Bertz CT molecular complexity index is 831. The fourth-order valence-electron chi connectivity index (χ4n) is 3.54. The number of benzene rings is 2. The molecule has 0 amide bonds. The quantitative estimate of drug-likeness (QED) is 0.777. The largest absolute Gasteiger partial charge is 0.372 e. The van der Waals surface area contributed by atoms with Crippen LogP contribution in [0.1, 0.15) is 19.4 Å². The molecular weight excluding hydrogens is 366 g/mol. The van der Waals surface area contributed by atoms with Crippen LogP contribution in [-0.4, -0.2) is 49.3 Å². The Labute approximate surface area is 173 Å². The van der Waals surface area contributed by atoms with Gasteiger partial charge in [-0.25, -0.2) is 0 Å². The minimum Gasteiger partial charge on any atom is -0.372 e. The van der Waals surface area contributed by atoms with E-state index in [4.69, 9.17) is 12.2 Å². The van der Waals surface area contributed by atoms with Crippen LogP contribution >= 0.6 is 12.2 Å². The smallest absolute Gasteiger partial charge is 0.173 e. The second kappa shape index (κ2) is 9.43. The molecular formula is C22H27N5S. The van der Waals surface area contributed by atoms with Gasteiger partial charge in [-0.15, -0.1) is 0 Å². The minimum absolute atomic E-state index is 0.727. The molecule has 1 aliphatic rings. The molecule has 0 radical (unpaired) electrons. The van der Waals surface area contributed by atoms with Crippen LogP contribution in [0.25, 0.3) is 0 Å². The van der Waals surface area contributed by atoms with E-state index in [1.54, 1.807) is 0 Å². The van der Waals surface area contributed by atoms with Gasteiger partial charge in [0, 0.05) is 50.6 Å². The molecule has 146 valence electrons. The number of nitrogens with zero attached hydrogens (tertiary/aromatic N) is 4. The molecule has 0 unspecified atom stereocenters. The third-order valence-electron chi connectivity index (χ3n) is 5.18. The highest BCUT2D eigenvalue weighted by atomic mass is 32.1. The molecule has 1 saturated heterocycles. The predicted molar refractivity (Wildman–Crippen MR) is 121 cm³/mol. The highest BCUT2D eigenvalue weighted by molar-refractivity contribution is 7.80. The molecule has 2 aromatic rings. The number of rotatable bonds is 5. The fourth-order valence-corrected chi connectivity index (χ4v) is 3.84. The summed E-state index contributed by atoms with van der Waals surface area (Å²) in [5.41, 5.74) is 3.98. The number of nitriles is 1. The zero-order valence-corrected chi connectivity index (χ0v) is 17.4. The molecule has 1 heterocycles. The van der Waals surface area contributed by atoms with Gasteiger partial charge in [-0.2, -0.15) is 5.26 Å². The summed E-state index contributed by atoms with van der Waals surface area (Å²) >= 11 is 5.62. The lowest BCUT2D eigenvalue weighted by Gasteiger charge is -2.37. The van der Waals surface area contributed by atoms with Gasteiger partial charge in [0.25, 0.3) is 0 Å². The maximum Gasteiger partial charge on any atom is 0.173 e. The van der Waals surface area contributed by atoms with E-state index in [1.807, 2.05) is 24.3 Å². The normalized spacial score (nSPS) is 13.8. The van der Waals surface area contributed by atoms with Crippen LogP contribution in [0.3, 0.4) is 0 Å². The Kier molecular flexibility index (Phi) is 6.72. The van der Waals surface area contributed by atoms with Crippen LogP contribution in [0, 0.1) is 11.3 Å². The molecule has 5 nitrogen and oxygen atoms in total. The molecule has 0 aliphatic carbocycles. The molecule has 2 aromatic carbocycles. The van der Waals surface area contributed by atoms with Gasteiger partial charge in [-0.3, -0.25) is 0 Å². The number of piperazine rings is 1. The average Bonchev–Trinajstić information content (AvgIpc) is 2.76. The Balaban J connectivity index is 1.56. The van der Waals surface area contributed by atoms with Gasteiger partial charge >= 0.3 is 0 Å². The van der Waals surface area contributed by atoms with Crippen LogP contribution in [0.4, 0.5) is 17.1 Å². The van der Waals surface area contributed by atoms with E-state index in [0.717, 1.165) is 61.3 Å². The van der Waals surface area contributed by atoms with Crippen molar-refractivity contribution in [2.45, 2.75) is 13.8 Å². The summed E-state index contributed by atoms with van der Waals surface area (Å²) in [6, 6.07) is 18.5. The van der Waals surface area contributed by atoms with Crippen LogP contribution < -0.4 is 15.1 Å². The summed E-state index contributed by atoms with van der Waals surface area (Å²) in [6.45, 7) is 9.70. The van der Waals surface area contributed by atoms with Crippen molar-refractivity contribution in [1.29, 1.82) is 5.26 Å². The Hall–Kier alpha value is -2.78. The van der Waals surface area contributed by atoms with Gasteiger partial charge in [-0.05, 0) is 62.5 Å². The van der Waals surface area contributed by atoms with E-state index in [1.165, 1.54) is 5.69 Å². The highest BCUT2D eigenvalue weighted by Crippen LogP contribution is 2.22. The van der Waals surface area contributed by atoms with Crippen LogP contribution in [-0.2, 0) is 0 Å². The van der Waals surface area contributed by atoms with Gasteiger partial charge in [0.05, 0.1) is 11.3 Å². The fraction of sp³-hybridized carbons (Fsp3) is 0.364. The van der Waals surface area contributed by atoms with Crippen molar-refractivity contribution in [3.05, 3.63) is 54.1 Å². The summed E-state index contributed by atoms with van der Waals surface area (Å²) in [6.07, 6.45) is 0. The summed E-state index contributed by atoms with van der Waals surface area (Å²) in [5, 5.41) is 13.4. The number of para-hydroxylation sites is 1. The van der Waals surface area contributed by atoms with Crippen molar-refractivity contribution < 1.29 is 0 Å². The molecule has 3 rings (SSSR count). The molecule has 28 heavy (non-hydrogen) atoms. The maximum atomic E-state index is 9.32. The zero-order valence-electron chi connectivity index (χ0n) is 16.6. The molecule has 0 spiro atoms. The van der Waals surface area contributed by atoms with Crippen molar-refractivity contribution >= 4 is 34.4 Å². The van der Waals surface area contributed by atoms with Gasteiger partial charge in [-0.1, -0.05) is 12.1 Å². The lowest BCUT2D eigenvalue weighted by molar-refractivity contribution is 0.391. The van der Waals surface area contributed by atoms with Crippen molar-refractivity contribution in [3.8, 4) is 6.07 Å². The van der Waals surface area contributed by atoms with E-state index in [0.29, 0.717) is 0 Å². The van der Waals surface area contributed by atoms with Crippen LogP contribution in [0.2, 0.25) is 0 Å². The predicted octanol–water partition coefficient (Wildman–Crippen LogP) is 3.92. The number of thiocarbonyl (C=S) groups is 1. The average molecular weight is 394 g/mol. The molecule has 6 heteroatoms. The van der Waals surface area contributed by atoms with Crippen LogP contribution in [0.15, 0.2) is 48.5 Å². The van der Waals surface area contributed by atoms with Crippen molar-refractivity contribution in [2.24, 2.45) is 0 Å². The van der Waals surface area contributed by atoms with Gasteiger partial charge in [0.2, 0.25) is 0 Å². The first-order valence-electron chi connectivity index (χ1n) is 9.81. The molecule has 0 atom stereocenters. The lowest BCUT2D eigenvalue weighted by Crippen LogP contribution is -2.50. The lowest BCUT2D eigenvalue weighted by atomic mass is 10.1. The van der Waals surface area contributed by atoms with Gasteiger partial charge in [0.1, 0.15) is 6.07 Å². The molecule has 1 aliphatic heterocycles. The van der Waals surface area contributed by atoms with Gasteiger partial charge in [0.15, 0.2) is 5.11 Å². The summed E-state index contributed by atoms with van der Waals surface area (Å²) in [7, 11) is 0. The molecule has 0 saturated carbocycles. The first-order chi connectivity index (χ1) is 13.7. The summed E-state index contributed by atoms with van der Waals surface area (Å²) < 4.78 is 0.